The zero-order chi connectivity index (χ0) is 5.11. The summed E-state index contributed by atoms with van der Waals surface area (Å²) < 4.78 is 0. The SMILES string of the molecule is CNc1nn[nH]n1. The Morgan fingerprint density at radius 2 is 2.57 bits per heavy atom. The average Bonchev–Trinajstić information content (AvgIpc) is 2.14. The van der Waals surface area contributed by atoms with Gasteiger partial charge in [0, 0.05) is 7.05 Å². The van der Waals surface area contributed by atoms with Gasteiger partial charge >= 0.3 is 0 Å². The first-order valence-electron chi connectivity index (χ1n) is 1.84. The van der Waals surface area contributed by atoms with Crippen LogP contribution in [0.1, 0.15) is 0 Å². The number of aromatic amines is 1. The summed E-state index contributed by atoms with van der Waals surface area (Å²) in [5.74, 6) is 0.514. The summed E-state index contributed by atoms with van der Waals surface area (Å²) >= 11 is 0. The molecule has 0 spiro atoms. The van der Waals surface area contributed by atoms with Crippen LogP contribution in [0.15, 0.2) is 0 Å². The van der Waals surface area contributed by atoms with Gasteiger partial charge in [-0.1, -0.05) is 5.10 Å². The normalized spacial score (nSPS) is 8.71. The molecule has 0 aliphatic carbocycles. The van der Waals surface area contributed by atoms with Crippen LogP contribution < -0.4 is 5.32 Å². The Morgan fingerprint density at radius 1 is 1.71 bits per heavy atom. The van der Waals surface area contributed by atoms with Crippen LogP contribution in [0.25, 0.3) is 0 Å². The van der Waals surface area contributed by atoms with Crippen LogP contribution >= 0.6 is 0 Å². The third kappa shape index (κ3) is 0.648. The fourth-order valence-corrected chi connectivity index (χ4v) is 0.268. The van der Waals surface area contributed by atoms with E-state index in [0.717, 1.165) is 0 Å². The lowest BCUT2D eigenvalue weighted by atomic mass is 11.0. The molecular weight excluding hydrogens is 94.1 g/mol. The second-order valence-corrected chi connectivity index (χ2v) is 0.985. The molecule has 0 unspecified atom stereocenters. The molecule has 1 aromatic rings. The molecule has 0 aliphatic rings. The van der Waals surface area contributed by atoms with Crippen molar-refractivity contribution in [1.29, 1.82) is 0 Å². The smallest absolute Gasteiger partial charge is 0.262 e. The fraction of sp³-hybridized carbons (Fsp3) is 0.500. The van der Waals surface area contributed by atoms with Crippen LogP contribution in [0, 0.1) is 0 Å². The summed E-state index contributed by atoms with van der Waals surface area (Å²) in [5, 5.41) is 15.4. The molecule has 5 nitrogen and oxygen atoms in total. The summed E-state index contributed by atoms with van der Waals surface area (Å²) in [6.07, 6.45) is 0. The molecule has 2 N–H and O–H groups in total. The molecule has 1 heterocycles. The Bertz CT molecular complexity index is 121. The van der Waals surface area contributed by atoms with Crippen molar-refractivity contribution in [2.45, 2.75) is 0 Å². The lowest BCUT2D eigenvalue weighted by Gasteiger charge is -1.80. The molecular formula is C2H5N5. The average molecular weight is 99.1 g/mol. The van der Waals surface area contributed by atoms with Gasteiger partial charge in [0.2, 0.25) is 0 Å². The third-order valence-electron chi connectivity index (χ3n) is 0.569. The minimum Gasteiger partial charge on any atom is -0.355 e. The molecule has 0 fully saturated rings. The third-order valence-corrected chi connectivity index (χ3v) is 0.569. The number of nitrogens with zero attached hydrogens (tertiary/aromatic N) is 3. The molecule has 0 amide bonds. The second kappa shape index (κ2) is 1.55. The monoisotopic (exact) mass is 99.1 g/mol. The Labute approximate surface area is 40.1 Å². The second-order valence-electron chi connectivity index (χ2n) is 0.985. The van der Waals surface area contributed by atoms with Crippen molar-refractivity contribution >= 4 is 5.95 Å². The molecule has 5 heteroatoms. The fourth-order valence-electron chi connectivity index (χ4n) is 0.268. The van der Waals surface area contributed by atoms with E-state index in [1.807, 2.05) is 0 Å². The molecule has 7 heavy (non-hydrogen) atoms. The van der Waals surface area contributed by atoms with Crippen LogP contribution in [0.4, 0.5) is 5.95 Å². The van der Waals surface area contributed by atoms with E-state index in [1.54, 1.807) is 7.05 Å². The number of hydrogen-bond donors (Lipinski definition) is 2. The van der Waals surface area contributed by atoms with E-state index in [-0.39, 0.29) is 0 Å². The van der Waals surface area contributed by atoms with E-state index in [4.69, 9.17) is 0 Å². The van der Waals surface area contributed by atoms with E-state index in [0.29, 0.717) is 5.95 Å². The quantitative estimate of drug-likeness (QED) is 0.485. The van der Waals surface area contributed by atoms with Gasteiger partial charge in [-0.3, -0.25) is 0 Å². The largest absolute Gasteiger partial charge is 0.355 e. The van der Waals surface area contributed by atoms with Gasteiger partial charge in [0.05, 0.1) is 0 Å². The molecule has 38 valence electrons. The van der Waals surface area contributed by atoms with E-state index in [2.05, 4.69) is 25.9 Å². The number of rotatable bonds is 1. The summed E-state index contributed by atoms with van der Waals surface area (Å²) in [4.78, 5) is 0. The van der Waals surface area contributed by atoms with Crippen LogP contribution in [0.3, 0.4) is 0 Å². The first kappa shape index (κ1) is 4.04. The molecule has 0 aromatic carbocycles. The Kier molecular flexibility index (Phi) is 0.892. The first-order chi connectivity index (χ1) is 3.43. The van der Waals surface area contributed by atoms with Crippen molar-refractivity contribution in [2.24, 2.45) is 0 Å². The topological polar surface area (TPSA) is 66.5 Å². The number of nitrogens with one attached hydrogen (secondary N) is 2. The Morgan fingerprint density at radius 3 is 2.86 bits per heavy atom. The van der Waals surface area contributed by atoms with Gasteiger partial charge in [-0.2, -0.15) is 5.21 Å². The van der Waals surface area contributed by atoms with Crippen molar-refractivity contribution in [1.82, 2.24) is 20.6 Å². The van der Waals surface area contributed by atoms with Crippen LogP contribution in [0.2, 0.25) is 0 Å². The van der Waals surface area contributed by atoms with Crippen molar-refractivity contribution in [3.63, 3.8) is 0 Å². The zero-order valence-electron chi connectivity index (χ0n) is 3.84. The lowest BCUT2D eigenvalue weighted by molar-refractivity contribution is 0.881. The highest BCUT2D eigenvalue weighted by Gasteiger charge is 1.85. The van der Waals surface area contributed by atoms with E-state index in [1.165, 1.54) is 0 Å². The van der Waals surface area contributed by atoms with Gasteiger partial charge in [0.15, 0.2) is 0 Å². The predicted molar refractivity (Wildman–Crippen MR) is 23.7 cm³/mol. The predicted octanol–water partition coefficient (Wildman–Crippen LogP) is -0.759. The van der Waals surface area contributed by atoms with Gasteiger partial charge < -0.3 is 5.32 Å². The number of H-pyrrole nitrogens is 1. The molecule has 0 saturated heterocycles. The van der Waals surface area contributed by atoms with Crippen molar-refractivity contribution in [2.75, 3.05) is 12.4 Å². The number of anilines is 1. The van der Waals surface area contributed by atoms with Crippen LogP contribution in [0.5, 0.6) is 0 Å². The van der Waals surface area contributed by atoms with Gasteiger partial charge in [0.1, 0.15) is 0 Å². The summed E-state index contributed by atoms with van der Waals surface area (Å²) in [6, 6.07) is 0. The maximum Gasteiger partial charge on any atom is 0.262 e. The highest BCUT2D eigenvalue weighted by atomic mass is 15.5. The van der Waals surface area contributed by atoms with Gasteiger partial charge in [0.25, 0.3) is 5.95 Å². The molecule has 0 saturated carbocycles. The van der Waals surface area contributed by atoms with E-state index in [9.17, 15) is 0 Å². The van der Waals surface area contributed by atoms with Crippen molar-refractivity contribution in [3.05, 3.63) is 0 Å². The molecule has 0 atom stereocenters. The highest BCUT2D eigenvalue weighted by Crippen LogP contribution is 1.82. The van der Waals surface area contributed by atoms with Crippen molar-refractivity contribution < 1.29 is 0 Å². The molecule has 1 aromatic heterocycles. The molecule has 0 aliphatic heterocycles. The first-order valence-corrected chi connectivity index (χ1v) is 1.84. The summed E-state index contributed by atoms with van der Waals surface area (Å²) in [5.41, 5.74) is 0. The van der Waals surface area contributed by atoms with E-state index >= 15 is 0 Å². The lowest BCUT2D eigenvalue weighted by Crippen LogP contribution is -1.88. The van der Waals surface area contributed by atoms with Gasteiger partial charge in [-0.25, -0.2) is 0 Å². The summed E-state index contributed by atoms with van der Waals surface area (Å²) in [6.45, 7) is 0. The molecule has 0 bridgehead atoms. The maximum atomic E-state index is 3.58. The Hall–Kier alpha value is -1.13. The zero-order valence-corrected chi connectivity index (χ0v) is 3.84. The number of aromatic nitrogens is 4. The molecule has 1 rings (SSSR count). The van der Waals surface area contributed by atoms with Crippen molar-refractivity contribution in [3.8, 4) is 0 Å². The Balaban J connectivity index is 2.76. The maximum absolute atomic E-state index is 3.58. The summed E-state index contributed by atoms with van der Waals surface area (Å²) in [7, 11) is 1.73. The highest BCUT2D eigenvalue weighted by molar-refractivity contribution is 5.15. The minimum absolute atomic E-state index is 0.514. The van der Waals surface area contributed by atoms with Gasteiger partial charge in [-0.15, -0.1) is 5.10 Å². The van der Waals surface area contributed by atoms with E-state index < -0.39 is 0 Å². The molecule has 0 radical (unpaired) electrons. The standard InChI is InChI=1S/C2H5N5/c1-3-2-4-6-7-5-2/h1H3,(H2,3,4,5,6,7). The number of tetrazole rings is 1. The van der Waals surface area contributed by atoms with Gasteiger partial charge in [-0.05, 0) is 5.21 Å². The van der Waals surface area contributed by atoms with Crippen LogP contribution in [-0.2, 0) is 0 Å². The number of hydrogen-bond acceptors (Lipinski definition) is 4. The minimum atomic E-state index is 0.514. The van der Waals surface area contributed by atoms with Crippen LogP contribution in [-0.4, -0.2) is 27.7 Å².